The summed E-state index contributed by atoms with van der Waals surface area (Å²) in [6, 6.07) is 14.6. The van der Waals surface area contributed by atoms with Gasteiger partial charge in [-0.05, 0) is 53.5 Å². The number of fused-ring (bicyclic) bond motifs is 1. The molecule has 0 radical (unpaired) electrons. The van der Waals surface area contributed by atoms with Gasteiger partial charge >= 0.3 is 11.8 Å². The molecule has 30 heavy (non-hydrogen) atoms. The lowest BCUT2D eigenvalue weighted by atomic mass is 10.2. The molecular weight excluding hydrogens is 456 g/mol. The summed E-state index contributed by atoms with van der Waals surface area (Å²) in [6.07, 6.45) is 1.32. The molecule has 4 rings (SSSR count). The van der Waals surface area contributed by atoms with Crippen molar-refractivity contribution in [1.82, 2.24) is 14.5 Å². The monoisotopic (exact) mass is 472 g/mol. The second-order valence-electron chi connectivity index (χ2n) is 6.55. The molecule has 1 amide bonds. The lowest BCUT2D eigenvalue weighted by Gasteiger charge is -2.24. The number of nitro groups is 1. The van der Waals surface area contributed by atoms with Crippen molar-refractivity contribution in [2.24, 2.45) is 0 Å². The third-order valence-electron chi connectivity index (χ3n) is 4.56. The maximum absolute atomic E-state index is 12.9. The van der Waals surface area contributed by atoms with Gasteiger partial charge in [0.2, 0.25) is 0 Å². The van der Waals surface area contributed by atoms with Crippen molar-refractivity contribution >= 4 is 27.7 Å². The normalized spacial score (nSPS) is 13.6. The number of carbonyl (C=O) groups excluding carboxylic acids is 1. The zero-order chi connectivity index (χ0) is 21.1. The van der Waals surface area contributed by atoms with Crippen LogP contribution in [0.5, 0.6) is 17.5 Å². The average molecular weight is 473 g/mol. The molecule has 9 nitrogen and oxygen atoms in total. The number of halogens is 1. The Balaban J connectivity index is 1.42. The van der Waals surface area contributed by atoms with Gasteiger partial charge in [-0.1, -0.05) is 15.9 Å². The summed E-state index contributed by atoms with van der Waals surface area (Å²) in [4.78, 5) is 28.7. The standard InChI is InChI=1S/C20H17BrN4O5/c21-15-3-7-17(8-4-15)30-16-5-1-14(2-6-16)19(26)23-9-10-24-13-18(25(27)28)22-20(24)29-12-11-23/h1-8,13H,9-12H2. The number of rotatable bonds is 4. The molecule has 0 spiro atoms. The van der Waals surface area contributed by atoms with Crippen molar-refractivity contribution in [2.75, 3.05) is 19.7 Å². The Hall–Kier alpha value is -3.40. The molecule has 10 heteroatoms. The molecule has 0 atom stereocenters. The predicted molar refractivity (Wildman–Crippen MR) is 111 cm³/mol. The molecular formula is C20H17BrN4O5. The fourth-order valence-corrected chi connectivity index (χ4v) is 3.29. The number of hydrogen-bond donors (Lipinski definition) is 0. The summed E-state index contributed by atoms with van der Waals surface area (Å²) in [5.41, 5.74) is 0.524. The average Bonchev–Trinajstić information content (AvgIpc) is 3.12. The lowest BCUT2D eigenvalue weighted by molar-refractivity contribution is -0.389. The largest absolute Gasteiger partial charge is 0.457 e. The van der Waals surface area contributed by atoms with E-state index in [4.69, 9.17) is 9.47 Å². The van der Waals surface area contributed by atoms with Gasteiger partial charge in [-0.15, -0.1) is 0 Å². The van der Waals surface area contributed by atoms with Crippen molar-refractivity contribution in [2.45, 2.75) is 6.54 Å². The minimum atomic E-state index is -0.567. The number of carbonyl (C=O) groups is 1. The SMILES string of the molecule is O=C(c1ccc(Oc2ccc(Br)cc2)cc1)N1CCOc2nc([N+](=O)[O-])cn2CC1. The van der Waals surface area contributed by atoms with E-state index in [0.717, 1.165) is 4.47 Å². The Labute approximate surface area is 180 Å². The first-order chi connectivity index (χ1) is 14.5. The topological polar surface area (TPSA) is 99.7 Å². The Morgan fingerprint density at radius 2 is 1.73 bits per heavy atom. The molecule has 1 aromatic heterocycles. The summed E-state index contributed by atoms with van der Waals surface area (Å²) < 4.78 is 13.8. The molecule has 3 aromatic rings. The third-order valence-corrected chi connectivity index (χ3v) is 5.08. The Morgan fingerprint density at radius 3 is 2.40 bits per heavy atom. The summed E-state index contributed by atoms with van der Waals surface area (Å²) in [7, 11) is 0. The van der Waals surface area contributed by atoms with Crippen molar-refractivity contribution in [3.8, 4) is 17.5 Å². The van der Waals surface area contributed by atoms with E-state index in [2.05, 4.69) is 20.9 Å². The molecule has 2 heterocycles. The van der Waals surface area contributed by atoms with Gasteiger partial charge in [0.1, 0.15) is 24.3 Å². The summed E-state index contributed by atoms with van der Waals surface area (Å²) >= 11 is 3.38. The van der Waals surface area contributed by atoms with E-state index in [1.807, 2.05) is 24.3 Å². The number of nitrogens with zero attached hydrogens (tertiary/aromatic N) is 4. The number of aromatic nitrogens is 2. The molecule has 0 aliphatic carbocycles. The van der Waals surface area contributed by atoms with Gasteiger partial charge in [-0.25, -0.2) is 0 Å². The molecule has 154 valence electrons. The highest BCUT2D eigenvalue weighted by molar-refractivity contribution is 9.10. The molecule has 0 N–H and O–H groups in total. The highest BCUT2D eigenvalue weighted by Crippen LogP contribution is 2.24. The lowest BCUT2D eigenvalue weighted by Crippen LogP contribution is -2.38. The van der Waals surface area contributed by atoms with Crippen LogP contribution in [0.15, 0.2) is 59.2 Å². The first-order valence-corrected chi connectivity index (χ1v) is 9.96. The highest BCUT2D eigenvalue weighted by atomic mass is 79.9. The Bertz CT molecular complexity index is 1070. The van der Waals surface area contributed by atoms with Crippen LogP contribution in [0, 0.1) is 10.1 Å². The van der Waals surface area contributed by atoms with Crippen molar-refractivity contribution < 1.29 is 19.2 Å². The molecule has 0 unspecified atom stereocenters. The maximum Gasteiger partial charge on any atom is 0.414 e. The minimum absolute atomic E-state index is 0.146. The Kier molecular flexibility index (Phi) is 5.66. The van der Waals surface area contributed by atoms with Crippen molar-refractivity contribution in [3.05, 3.63) is 74.9 Å². The molecule has 0 saturated carbocycles. The van der Waals surface area contributed by atoms with Crippen molar-refractivity contribution in [1.29, 1.82) is 0 Å². The number of hydrogen-bond acceptors (Lipinski definition) is 6. The summed E-state index contributed by atoms with van der Waals surface area (Å²) in [5, 5.41) is 10.9. The van der Waals surface area contributed by atoms with Crippen LogP contribution >= 0.6 is 15.9 Å². The van der Waals surface area contributed by atoms with Crippen LogP contribution in [0.1, 0.15) is 10.4 Å². The van der Waals surface area contributed by atoms with Gasteiger partial charge in [0.05, 0.1) is 6.54 Å². The third kappa shape index (κ3) is 4.43. The first-order valence-electron chi connectivity index (χ1n) is 9.17. The molecule has 0 bridgehead atoms. The Morgan fingerprint density at radius 1 is 1.07 bits per heavy atom. The number of amides is 1. The molecule has 0 fully saturated rings. The van der Waals surface area contributed by atoms with Gasteiger partial charge in [0, 0.05) is 28.1 Å². The molecule has 0 saturated heterocycles. The highest BCUT2D eigenvalue weighted by Gasteiger charge is 2.25. The predicted octanol–water partition coefficient (Wildman–Crippen LogP) is 3.88. The maximum atomic E-state index is 12.9. The van der Waals surface area contributed by atoms with Crippen LogP contribution in [0.25, 0.3) is 0 Å². The van der Waals surface area contributed by atoms with Crippen LogP contribution in [0.3, 0.4) is 0 Å². The zero-order valence-electron chi connectivity index (χ0n) is 15.7. The van der Waals surface area contributed by atoms with Crippen LogP contribution < -0.4 is 9.47 Å². The van der Waals surface area contributed by atoms with E-state index in [9.17, 15) is 14.9 Å². The quantitative estimate of drug-likeness (QED) is 0.421. The smallest absolute Gasteiger partial charge is 0.414 e. The van der Waals surface area contributed by atoms with E-state index in [0.29, 0.717) is 36.7 Å². The number of benzene rings is 2. The summed E-state index contributed by atoms with van der Waals surface area (Å²) in [6.45, 7) is 1.30. The molecule has 2 aromatic carbocycles. The van der Waals surface area contributed by atoms with E-state index in [1.165, 1.54) is 6.20 Å². The first kappa shape index (κ1) is 19.9. The van der Waals surface area contributed by atoms with Crippen LogP contribution in [-0.4, -0.2) is 45.0 Å². The molecule has 1 aliphatic rings. The minimum Gasteiger partial charge on any atom is -0.457 e. The second kappa shape index (κ2) is 8.54. The van der Waals surface area contributed by atoms with Gasteiger partial charge in [-0.3, -0.25) is 9.36 Å². The van der Waals surface area contributed by atoms with E-state index in [1.54, 1.807) is 33.7 Å². The summed E-state index contributed by atoms with van der Waals surface area (Å²) in [5.74, 6) is 0.904. The molecule has 1 aliphatic heterocycles. The van der Waals surface area contributed by atoms with E-state index < -0.39 is 4.92 Å². The van der Waals surface area contributed by atoms with Crippen molar-refractivity contribution in [3.63, 3.8) is 0 Å². The van der Waals surface area contributed by atoms with Gasteiger partial charge < -0.3 is 24.5 Å². The van der Waals surface area contributed by atoms with Gasteiger partial charge in [0.25, 0.3) is 5.91 Å². The fraction of sp³-hybridized carbons (Fsp3) is 0.200. The van der Waals surface area contributed by atoms with Crippen LogP contribution in [0.4, 0.5) is 5.82 Å². The van der Waals surface area contributed by atoms with Gasteiger partial charge in [-0.2, -0.15) is 0 Å². The van der Waals surface area contributed by atoms with E-state index in [-0.39, 0.29) is 24.3 Å². The van der Waals surface area contributed by atoms with E-state index >= 15 is 0 Å². The zero-order valence-corrected chi connectivity index (χ0v) is 17.3. The number of ether oxygens (including phenoxy) is 2. The van der Waals surface area contributed by atoms with Crippen LogP contribution in [0.2, 0.25) is 0 Å². The van der Waals surface area contributed by atoms with Gasteiger partial charge in [0.15, 0.2) is 0 Å². The number of imidazole rings is 1. The fourth-order valence-electron chi connectivity index (χ4n) is 3.03. The second-order valence-corrected chi connectivity index (χ2v) is 7.47. The van der Waals surface area contributed by atoms with Crippen LogP contribution in [-0.2, 0) is 6.54 Å².